The monoisotopic (exact) mass is 255 g/mol. The quantitative estimate of drug-likeness (QED) is 0.841. The van der Waals surface area contributed by atoms with Crippen LogP contribution in [0, 0.1) is 17.2 Å². The highest BCUT2D eigenvalue weighted by atomic mass is 16.2. The number of nitrogens with one attached hydrogen (secondary N) is 2. The first kappa shape index (κ1) is 12.8. The van der Waals surface area contributed by atoms with Gasteiger partial charge in [-0.15, -0.1) is 0 Å². The lowest BCUT2D eigenvalue weighted by molar-refractivity contribution is -0.126. The Hall–Kier alpha value is -2.61. The van der Waals surface area contributed by atoms with Crippen LogP contribution in [0.3, 0.4) is 0 Å². The molecule has 0 saturated carbocycles. The average molecular weight is 255 g/mol. The minimum atomic E-state index is -0.723. The van der Waals surface area contributed by atoms with Gasteiger partial charge in [-0.1, -0.05) is 18.2 Å². The zero-order chi connectivity index (χ0) is 13.8. The van der Waals surface area contributed by atoms with Crippen molar-refractivity contribution in [2.45, 2.75) is 13.3 Å². The van der Waals surface area contributed by atoms with E-state index in [9.17, 15) is 9.59 Å². The Balaban J connectivity index is 2.21. The summed E-state index contributed by atoms with van der Waals surface area (Å²) in [5.74, 6) is -1.30. The fourth-order valence-corrected chi connectivity index (χ4v) is 2.01. The van der Waals surface area contributed by atoms with Gasteiger partial charge in [-0.05, 0) is 19.1 Å². The molecule has 2 rings (SSSR count). The van der Waals surface area contributed by atoms with E-state index in [0.29, 0.717) is 17.0 Å². The molecule has 0 spiro atoms. The summed E-state index contributed by atoms with van der Waals surface area (Å²) in [6, 6.07) is 10.9. The molecule has 0 aliphatic carbocycles. The van der Waals surface area contributed by atoms with Crippen LogP contribution in [-0.4, -0.2) is 11.8 Å². The fourth-order valence-electron chi connectivity index (χ4n) is 2.01. The van der Waals surface area contributed by atoms with E-state index in [1.165, 1.54) is 0 Å². The van der Waals surface area contributed by atoms with Crippen LogP contribution in [-0.2, 0) is 9.59 Å². The van der Waals surface area contributed by atoms with Crippen molar-refractivity contribution in [3.63, 3.8) is 0 Å². The number of rotatable bonds is 2. The van der Waals surface area contributed by atoms with Gasteiger partial charge >= 0.3 is 0 Å². The number of hydrogen-bond donors (Lipinski definition) is 2. The largest absolute Gasteiger partial charge is 0.329 e. The van der Waals surface area contributed by atoms with Crippen LogP contribution in [0.15, 0.2) is 41.6 Å². The SMILES string of the molecule is CC1=C(C#N)[C@H](C(=O)Nc2ccccc2)CC(=O)N1. The number of hydrogen-bond acceptors (Lipinski definition) is 3. The van der Waals surface area contributed by atoms with Crippen LogP contribution in [0.25, 0.3) is 0 Å². The summed E-state index contributed by atoms with van der Waals surface area (Å²) in [6.45, 7) is 1.62. The normalized spacial score (nSPS) is 18.5. The molecule has 19 heavy (non-hydrogen) atoms. The van der Waals surface area contributed by atoms with Gasteiger partial charge in [0.05, 0.1) is 17.6 Å². The highest BCUT2D eigenvalue weighted by molar-refractivity contribution is 5.99. The van der Waals surface area contributed by atoms with Gasteiger partial charge in [0.2, 0.25) is 11.8 Å². The van der Waals surface area contributed by atoms with E-state index in [1.54, 1.807) is 31.2 Å². The van der Waals surface area contributed by atoms with E-state index >= 15 is 0 Å². The lowest BCUT2D eigenvalue weighted by Gasteiger charge is -2.22. The van der Waals surface area contributed by atoms with Gasteiger partial charge in [-0.2, -0.15) is 5.26 Å². The topological polar surface area (TPSA) is 82.0 Å². The summed E-state index contributed by atoms with van der Waals surface area (Å²) < 4.78 is 0. The van der Waals surface area contributed by atoms with Crippen LogP contribution in [0.2, 0.25) is 0 Å². The summed E-state index contributed by atoms with van der Waals surface area (Å²) >= 11 is 0. The number of benzene rings is 1. The van der Waals surface area contributed by atoms with Crippen LogP contribution in [0.4, 0.5) is 5.69 Å². The first-order valence-electron chi connectivity index (χ1n) is 5.88. The number of para-hydroxylation sites is 1. The van der Waals surface area contributed by atoms with E-state index < -0.39 is 5.92 Å². The second kappa shape index (κ2) is 5.36. The molecule has 1 aliphatic rings. The minimum absolute atomic E-state index is 0.00109. The van der Waals surface area contributed by atoms with Gasteiger partial charge in [0.15, 0.2) is 0 Å². The van der Waals surface area contributed by atoms with E-state index in [0.717, 1.165) is 0 Å². The third-order valence-corrected chi connectivity index (χ3v) is 2.95. The van der Waals surface area contributed by atoms with Crippen molar-refractivity contribution < 1.29 is 9.59 Å². The fraction of sp³-hybridized carbons (Fsp3) is 0.214. The van der Waals surface area contributed by atoms with Crippen molar-refractivity contribution in [3.8, 4) is 6.07 Å². The second-order valence-corrected chi connectivity index (χ2v) is 4.31. The third kappa shape index (κ3) is 2.80. The van der Waals surface area contributed by atoms with Crippen LogP contribution in [0.1, 0.15) is 13.3 Å². The molecule has 0 fully saturated rings. The molecule has 1 heterocycles. The molecule has 1 atom stereocenters. The number of nitriles is 1. The highest BCUT2D eigenvalue weighted by Crippen LogP contribution is 2.23. The molecule has 5 heteroatoms. The van der Waals surface area contributed by atoms with E-state index in [4.69, 9.17) is 5.26 Å². The molecule has 0 aromatic heterocycles. The summed E-state index contributed by atoms with van der Waals surface area (Å²) in [4.78, 5) is 23.6. The first-order chi connectivity index (χ1) is 9.11. The average Bonchev–Trinajstić information content (AvgIpc) is 2.39. The Labute approximate surface area is 110 Å². The zero-order valence-corrected chi connectivity index (χ0v) is 10.4. The molecule has 5 nitrogen and oxygen atoms in total. The second-order valence-electron chi connectivity index (χ2n) is 4.31. The maximum absolute atomic E-state index is 12.2. The van der Waals surface area contributed by atoms with Gasteiger partial charge in [0, 0.05) is 17.8 Å². The standard InChI is InChI=1S/C14H13N3O2/c1-9-12(8-15)11(7-13(18)16-9)14(19)17-10-5-3-2-4-6-10/h2-6,11H,7H2,1H3,(H,16,18)(H,17,19)/t11-/m1/s1. The predicted octanol–water partition coefficient (Wildman–Crippen LogP) is 1.56. The Kier molecular flexibility index (Phi) is 3.62. The Morgan fingerprint density at radius 3 is 2.74 bits per heavy atom. The van der Waals surface area contributed by atoms with Crippen molar-refractivity contribution in [2.75, 3.05) is 5.32 Å². The Bertz CT molecular complexity index is 584. The van der Waals surface area contributed by atoms with Crippen LogP contribution < -0.4 is 10.6 Å². The van der Waals surface area contributed by atoms with Crippen molar-refractivity contribution in [3.05, 3.63) is 41.6 Å². The summed E-state index contributed by atoms with van der Waals surface area (Å²) in [5.41, 5.74) is 1.41. The number of nitrogens with zero attached hydrogens (tertiary/aromatic N) is 1. The Morgan fingerprint density at radius 1 is 1.42 bits per heavy atom. The van der Waals surface area contributed by atoms with Crippen molar-refractivity contribution in [2.24, 2.45) is 5.92 Å². The van der Waals surface area contributed by atoms with Gasteiger partial charge in [-0.25, -0.2) is 0 Å². The first-order valence-corrected chi connectivity index (χ1v) is 5.88. The minimum Gasteiger partial charge on any atom is -0.329 e. The molecule has 0 saturated heterocycles. The molecule has 1 aliphatic heterocycles. The number of carbonyl (C=O) groups excluding carboxylic acids is 2. The number of allylic oxidation sites excluding steroid dienone is 1. The van der Waals surface area contributed by atoms with Gasteiger partial charge in [0.1, 0.15) is 0 Å². The molecule has 0 unspecified atom stereocenters. The number of anilines is 1. The van der Waals surface area contributed by atoms with Gasteiger partial charge in [0.25, 0.3) is 0 Å². The summed E-state index contributed by atoms with van der Waals surface area (Å²) in [7, 11) is 0. The number of amides is 2. The van der Waals surface area contributed by atoms with Crippen LogP contribution >= 0.6 is 0 Å². The van der Waals surface area contributed by atoms with Crippen molar-refractivity contribution in [1.29, 1.82) is 5.26 Å². The third-order valence-electron chi connectivity index (χ3n) is 2.95. The lowest BCUT2D eigenvalue weighted by atomic mass is 9.90. The molecule has 0 bridgehead atoms. The van der Waals surface area contributed by atoms with E-state index in [2.05, 4.69) is 10.6 Å². The molecular formula is C14H13N3O2. The highest BCUT2D eigenvalue weighted by Gasteiger charge is 2.31. The van der Waals surface area contributed by atoms with Gasteiger partial charge in [-0.3, -0.25) is 9.59 Å². The molecule has 2 N–H and O–H groups in total. The molecule has 1 aromatic carbocycles. The summed E-state index contributed by atoms with van der Waals surface area (Å²) in [5, 5.41) is 14.4. The van der Waals surface area contributed by atoms with Crippen molar-refractivity contribution >= 4 is 17.5 Å². The lowest BCUT2D eigenvalue weighted by Crippen LogP contribution is -2.37. The van der Waals surface area contributed by atoms with Crippen molar-refractivity contribution in [1.82, 2.24) is 5.32 Å². The predicted molar refractivity (Wildman–Crippen MR) is 69.6 cm³/mol. The molecule has 1 aromatic rings. The maximum atomic E-state index is 12.2. The smallest absolute Gasteiger partial charge is 0.233 e. The van der Waals surface area contributed by atoms with Crippen LogP contribution in [0.5, 0.6) is 0 Å². The summed E-state index contributed by atoms with van der Waals surface area (Å²) in [6.07, 6.45) is -0.00109. The maximum Gasteiger partial charge on any atom is 0.233 e. The van der Waals surface area contributed by atoms with Gasteiger partial charge < -0.3 is 10.6 Å². The van der Waals surface area contributed by atoms with E-state index in [-0.39, 0.29) is 18.2 Å². The molecule has 2 amide bonds. The zero-order valence-electron chi connectivity index (χ0n) is 10.4. The molecule has 96 valence electrons. The number of carbonyl (C=O) groups is 2. The molecule has 0 radical (unpaired) electrons. The van der Waals surface area contributed by atoms with E-state index in [1.807, 2.05) is 12.1 Å². The molecular weight excluding hydrogens is 242 g/mol. The Morgan fingerprint density at radius 2 is 2.11 bits per heavy atom.